The molecule has 0 spiro atoms. The van der Waals surface area contributed by atoms with Crippen molar-refractivity contribution >= 4 is 22.3 Å². The van der Waals surface area contributed by atoms with Crippen LogP contribution in [-0.2, 0) is 13.1 Å². The van der Waals surface area contributed by atoms with Gasteiger partial charge in [-0.2, -0.15) is 0 Å². The summed E-state index contributed by atoms with van der Waals surface area (Å²) in [5.41, 5.74) is 7.57. The molecule has 0 amide bonds. The molecule has 2 aromatic heterocycles. The van der Waals surface area contributed by atoms with Gasteiger partial charge in [-0.25, -0.2) is 4.98 Å². The molecule has 4 N–H and O–H groups in total. The molecule has 108 valence electrons. The van der Waals surface area contributed by atoms with E-state index < -0.39 is 0 Å². The number of nitrogens with zero attached hydrogens (tertiary/aromatic N) is 4. The highest BCUT2D eigenvalue weighted by Crippen LogP contribution is 2.23. The highest BCUT2D eigenvalue weighted by molar-refractivity contribution is 5.88. The van der Waals surface area contributed by atoms with Crippen molar-refractivity contribution in [2.75, 3.05) is 11.1 Å². The number of aromatic nitrogens is 5. The van der Waals surface area contributed by atoms with E-state index in [4.69, 9.17) is 5.73 Å². The maximum absolute atomic E-state index is 11.7. The van der Waals surface area contributed by atoms with Gasteiger partial charge in [-0.15, -0.1) is 10.2 Å². The van der Waals surface area contributed by atoms with Gasteiger partial charge >= 0.3 is 0 Å². The van der Waals surface area contributed by atoms with Crippen LogP contribution in [0.5, 0.6) is 0 Å². The predicted octanol–water partition coefficient (Wildman–Crippen LogP) is 0.729. The summed E-state index contributed by atoms with van der Waals surface area (Å²) >= 11 is 0. The summed E-state index contributed by atoms with van der Waals surface area (Å²) in [6, 6.07) is 3.38. The van der Waals surface area contributed by atoms with Gasteiger partial charge in [0.1, 0.15) is 6.33 Å². The summed E-state index contributed by atoms with van der Waals surface area (Å²) in [6.07, 6.45) is 3.06. The average molecular weight is 285 g/mol. The smallest absolute Gasteiger partial charge is 0.258 e. The van der Waals surface area contributed by atoms with Crippen LogP contribution in [0.4, 0.5) is 11.4 Å². The number of aromatic amines is 1. The highest BCUT2D eigenvalue weighted by Gasteiger charge is 2.07. The quantitative estimate of drug-likeness (QED) is 0.609. The molecule has 0 aliphatic heterocycles. The summed E-state index contributed by atoms with van der Waals surface area (Å²) < 4.78 is 1.94. The van der Waals surface area contributed by atoms with Crippen LogP contribution in [0.25, 0.3) is 10.9 Å². The van der Waals surface area contributed by atoms with E-state index >= 15 is 0 Å². The van der Waals surface area contributed by atoms with Crippen molar-refractivity contribution in [3.63, 3.8) is 0 Å². The maximum atomic E-state index is 11.7. The Hall–Kier alpha value is -2.90. The largest absolute Gasteiger partial charge is 0.397 e. The number of hydrogen-bond acceptors (Lipinski definition) is 6. The minimum atomic E-state index is -0.205. The van der Waals surface area contributed by atoms with Gasteiger partial charge in [-0.3, -0.25) is 4.79 Å². The van der Waals surface area contributed by atoms with Crippen molar-refractivity contribution in [2.45, 2.75) is 20.0 Å². The van der Waals surface area contributed by atoms with Gasteiger partial charge in [0.2, 0.25) is 0 Å². The molecule has 8 nitrogen and oxygen atoms in total. The number of nitrogens with one attached hydrogen (secondary N) is 2. The molecule has 0 saturated heterocycles. The number of fused-ring (bicyclic) bond motifs is 1. The topological polar surface area (TPSA) is 115 Å². The molecule has 0 saturated carbocycles. The lowest BCUT2D eigenvalue weighted by Gasteiger charge is -2.10. The Morgan fingerprint density at radius 2 is 2.29 bits per heavy atom. The van der Waals surface area contributed by atoms with Crippen LogP contribution in [0.3, 0.4) is 0 Å². The predicted molar refractivity (Wildman–Crippen MR) is 79.8 cm³/mol. The van der Waals surface area contributed by atoms with Crippen LogP contribution in [0.2, 0.25) is 0 Å². The zero-order valence-electron chi connectivity index (χ0n) is 11.5. The molecule has 21 heavy (non-hydrogen) atoms. The number of nitrogen functional groups attached to an aromatic ring is 1. The Balaban J connectivity index is 1.91. The summed E-state index contributed by atoms with van der Waals surface area (Å²) in [4.78, 5) is 18.3. The van der Waals surface area contributed by atoms with E-state index in [1.807, 2.05) is 11.5 Å². The van der Waals surface area contributed by atoms with Crippen LogP contribution in [0, 0.1) is 0 Å². The van der Waals surface area contributed by atoms with Crippen LogP contribution in [0.15, 0.2) is 29.6 Å². The average Bonchev–Trinajstić information content (AvgIpc) is 2.94. The second-order valence-corrected chi connectivity index (χ2v) is 4.58. The van der Waals surface area contributed by atoms with Crippen molar-refractivity contribution in [3.05, 3.63) is 41.0 Å². The van der Waals surface area contributed by atoms with Gasteiger partial charge in [0.25, 0.3) is 5.56 Å². The van der Waals surface area contributed by atoms with Crippen LogP contribution < -0.4 is 16.6 Å². The zero-order valence-corrected chi connectivity index (χ0v) is 11.5. The van der Waals surface area contributed by atoms with Gasteiger partial charge in [0.15, 0.2) is 5.82 Å². The number of hydrogen-bond donors (Lipinski definition) is 3. The minimum absolute atomic E-state index is 0.205. The molecule has 2 heterocycles. The maximum Gasteiger partial charge on any atom is 0.258 e. The zero-order chi connectivity index (χ0) is 14.8. The number of anilines is 2. The Kier molecular flexibility index (Phi) is 3.27. The van der Waals surface area contributed by atoms with Crippen molar-refractivity contribution in [3.8, 4) is 0 Å². The van der Waals surface area contributed by atoms with E-state index in [2.05, 4.69) is 25.5 Å². The molecule has 8 heteroatoms. The van der Waals surface area contributed by atoms with E-state index in [9.17, 15) is 4.79 Å². The highest BCUT2D eigenvalue weighted by atomic mass is 16.1. The second-order valence-electron chi connectivity index (χ2n) is 4.58. The molecule has 0 atom stereocenters. The normalized spacial score (nSPS) is 10.9. The first kappa shape index (κ1) is 13.1. The van der Waals surface area contributed by atoms with Gasteiger partial charge in [-0.1, -0.05) is 0 Å². The number of H-pyrrole nitrogens is 1. The Morgan fingerprint density at radius 1 is 1.43 bits per heavy atom. The summed E-state index contributed by atoms with van der Waals surface area (Å²) in [5, 5.41) is 11.6. The molecule has 0 fully saturated rings. The number of nitrogens with two attached hydrogens (primary N) is 1. The lowest BCUT2D eigenvalue weighted by molar-refractivity contribution is 0.708. The molecular formula is C13H15N7O. The van der Waals surface area contributed by atoms with Crippen molar-refractivity contribution < 1.29 is 0 Å². The monoisotopic (exact) mass is 285 g/mol. The first-order valence-electron chi connectivity index (χ1n) is 6.56. The van der Waals surface area contributed by atoms with Crippen molar-refractivity contribution in [1.82, 2.24) is 24.7 Å². The van der Waals surface area contributed by atoms with Crippen molar-refractivity contribution in [2.24, 2.45) is 0 Å². The molecule has 0 aliphatic rings. The molecule has 3 aromatic rings. The third kappa shape index (κ3) is 2.42. The van der Waals surface area contributed by atoms with E-state index in [-0.39, 0.29) is 5.56 Å². The summed E-state index contributed by atoms with van der Waals surface area (Å²) in [7, 11) is 0. The second kappa shape index (κ2) is 5.23. The van der Waals surface area contributed by atoms with Crippen molar-refractivity contribution in [1.29, 1.82) is 0 Å². The minimum Gasteiger partial charge on any atom is -0.397 e. The third-order valence-electron chi connectivity index (χ3n) is 3.29. The van der Waals surface area contributed by atoms with Gasteiger partial charge in [0.05, 0.1) is 35.1 Å². The summed E-state index contributed by atoms with van der Waals surface area (Å²) in [6.45, 7) is 3.31. The summed E-state index contributed by atoms with van der Waals surface area (Å²) in [5.74, 6) is 0.816. The van der Waals surface area contributed by atoms with E-state index in [0.29, 0.717) is 28.8 Å². The Morgan fingerprint density at radius 3 is 3.10 bits per heavy atom. The van der Waals surface area contributed by atoms with Gasteiger partial charge < -0.3 is 20.6 Å². The molecule has 0 bridgehead atoms. The molecule has 0 aliphatic carbocycles. The van der Waals surface area contributed by atoms with Crippen LogP contribution in [-0.4, -0.2) is 24.7 Å². The molecule has 0 radical (unpaired) electrons. The van der Waals surface area contributed by atoms with E-state index in [1.54, 1.807) is 18.5 Å². The van der Waals surface area contributed by atoms with E-state index in [0.717, 1.165) is 12.4 Å². The fraction of sp³-hybridized carbons (Fsp3) is 0.231. The fourth-order valence-electron chi connectivity index (χ4n) is 2.14. The first-order chi connectivity index (χ1) is 10.2. The molecule has 3 rings (SSSR count). The van der Waals surface area contributed by atoms with Gasteiger partial charge in [-0.05, 0) is 19.1 Å². The SMILES string of the molecule is CCn1cnnc1CNc1cc2nc[nH]c(=O)c2cc1N. The Labute approximate surface area is 120 Å². The van der Waals surface area contributed by atoms with Gasteiger partial charge in [0, 0.05) is 6.54 Å². The molecule has 1 aromatic carbocycles. The van der Waals surface area contributed by atoms with Crippen LogP contribution in [0.1, 0.15) is 12.7 Å². The molecular weight excluding hydrogens is 270 g/mol. The van der Waals surface area contributed by atoms with Crippen LogP contribution >= 0.6 is 0 Å². The first-order valence-corrected chi connectivity index (χ1v) is 6.56. The lowest BCUT2D eigenvalue weighted by Crippen LogP contribution is -2.10. The number of benzene rings is 1. The number of rotatable bonds is 4. The lowest BCUT2D eigenvalue weighted by atomic mass is 10.2. The standard InChI is InChI=1S/C13H15N7O/c1-2-20-7-18-19-12(20)5-15-11-4-10-8(3-9(11)14)13(21)17-6-16-10/h3-4,6-7,15H,2,5,14H2,1H3,(H,16,17,21). The fourth-order valence-corrected chi connectivity index (χ4v) is 2.14. The van der Waals surface area contributed by atoms with E-state index in [1.165, 1.54) is 6.33 Å². The molecule has 0 unspecified atom stereocenters. The number of aryl methyl sites for hydroxylation is 1. The third-order valence-corrected chi connectivity index (χ3v) is 3.29. The Bertz CT molecular complexity index is 836.